The molecule has 0 aliphatic carbocycles. The van der Waals surface area contributed by atoms with Crippen molar-refractivity contribution in [2.45, 2.75) is 25.3 Å². The highest BCUT2D eigenvalue weighted by Gasteiger charge is 2.17. The zero-order chi connectivity index (χ0) is 16.5. The second-order valence-electron chi connectivity index (χ2n) is 5.22. The van der Waals surface area contributed by atoms with Gasteiger partial charge < -0.3 is 16.4 Å². The number of benzene rings is 1. The van der Waals surface area contributed by atoms with E-state index >= 15 is 0 Å². The molecule has 0 aliphatic heterocycles. The molecule has 3 amide bonds. The van der Waals surface area contributed by atoms with Crippen molar-refractivity contribution in [1.82, 2.24) is 10.6 Å². The minimum atomic E-state index is -0.625. The maximum atomic E-state index is 12.0. The molecule has 2 aromatic rings. The van der Waals surface area contributed by atoms with E-state index in [-0.39, 0.29) is 18.4 Å². The number of amides is 3. The Hall–Kier alpha value is -2.34. The van der Waals surface area contributed by atoms with Gasteiger partial charge >= 0.3 is 6.03 Å². The van der Waals surface area contributed by atoms with Crippen molar-refractivity contribution in [2.75, 3.05) is 6.54 Å². The lowest BCUT2D eigenvalue weighted by Gasteiger charge is -2.15. The Kier molecular flexibility index (Phi) is 6.62. The maximum absolute atomic E-state index is 12.0. The maximum Gasteiger partial charge on any atom is 0.312 e. The van der Waals surface area contributed by atoms with Gasteiger partial charge in [0.25, 0.3) is 0 Å². The van der Waals surface area contributed by atoms with Crippen molar-refractivity contribution in [3.05, 3.63) is 58.3 Å². The predicted octanol–water partition coefficient (Wildman–Crippen LogP) is 2.60. The van der Waals surface area contributed by atoms with E-state index in [1.54, 1.807) is 0 Å². The predicted molar refractivity (Wildman–Crippen MR) is 92.2 cm³/mol. The average molecular weight is 331 g/mol. The van der Waals surface area contributed by atoms with E-state index in [1.807, 2.05) is 35.7 Å². The summed E-state index contributed by atoms with van der Waals surface area (Å²) in [5, 5.41) is 7.42. The van der Waals surface area contributed by atoms with Crippen LogP contribution in [-0.2, 0) is 11.2 Å². The third kappa shape index (κ3) is 6.12. The number of aryl methyl sites for hydroxylation is 1. The summed E-state index contributed by atoms with van der Waals surface area (Å²) < 4.78 is 0. The number of hydrogen-bond acceptors (Lipinski definition) is 3. The quantitative estimate of drug-likeness (QED) is 0.650. The van der Waals surface area contributed by atoms with Crippen molar-refractivity contribution < 1.29 is 9.59 Å². The van der Waals surface area contributed by atoms with Crippen LogP contribution >= 0.6 is 11.3 Å². The highest BCUT2D eigenvalue weighted by Crippen LogP contribution is 2.21. The molecule has 1 heterocycles. The van der Waals surface area contributed by atoms with E-state index in [9.17, 15) is 9.59 Å². The Morgan fingerprint density at radius 2 is 1.91 bits per heavy atom. The molecule has 6 heteroatoms. The molecule has 0 aliphatic rings. The largest absolute Gasteiger partial charge is 0.356 e. The molecule has 5 nitrogen and oxygen atoms in total. The first-order chi connectivity index (χ1) is 11.1. The summed E-state index contributed by atoms with van der Waals surface area (Å²) in [4.78, 5) is 24.1. The van der Waals surface area contributed by atoms with Crippen LogP contribution in [0.5, 0.6) is 0 Å². The Morgan fingerprint density at radius 1 is 1.13 bits per heavy atom. The van der Waals surface area contributed by atoms with E-state index < -0.39 is 6.03 Å². The Balaban J connectivity index is 1.74. The van der Waals surface area contributed by atoms with Gasteiger partial charge in [-0.15, -0.1) is 11.3 Å². The van der Waals surface area contributed by atoms with Crippen LogP contribution in [0.15, 0.2) is 47.8 Å². The summed E-state index contributed by atoms with van der Waals surface area (Å²) >= 11 is 1.49. The number of rotatable bonds is 8. The van der Waals surface area contributed by atoms with Crippen LogP contribution in [0, 0.1) is 0 Å². The van der Waals surface area contributed by atoms with Crippen LogP contribution in [-0.4, -0.2) is 18.5 Å². The molecule has 0 spiro atoms. The number of nitrogens with one attached hydrogen (secondary N) is 2. The van der Waals surface area contributed by atoms with E-state index in [4.69, 9.17) is 5.73 Å². The number of hydrogen-bond donors (Lipinski definition) is 3. The molecule has 1 aromatic heterocycles. The number of nitrogens with two attached hydrogens (primary N) is 1. The first-order valence-electron chi connectivity index (χ1n) is 7.55. The van der Waals surface area contributed by atoms with E-state index in [2.05, 4.69) is 22.8 Å². The van der Waals surface area contributed by atoms with Gasteiger partial charge in [0.2, 0.25) is 5.91 Å². The SMILES string of the molecule is NC(=O)NC(CC(=O)NCCCc1ccccc1)c1cccs1. The Bertz CT molecular complexity index is 614. The second kappa shape index (κ2) is 8.95. The molecule has 0 saturated heterocycles. The summed E-state index contributed by atoms with van der Waals surface area (Å²) in [5.41, 5.74) is 6.44. The molecular formula is C17H21N3O2S. The third-order valence-electron chi connectivity index (χ3n) is 3.40. The lowest BCUT2D eigenvalue weighted by atomic mass is 10.1. The van der Waals surface area contributed by atoms with Crippen LogP contribution in [0.25, 0.3) is 0 Å². The van der Waals surface area contributed by atoms with Gasteiger partial charge in [0.1, 0.15) is 0 Å². The van der Waals surface area contributed by atoms with Crippen molar-refractivity contribution in [3.63, 3.8) is 0 Å². The summed E-state index contributed by atoms with van der Waals surface area (Å²) in [5.74, 6) is -0.0924. The van der Waals surface area contributed by atoms with Gasteiger partial charge in [-0.2, -0.15) is 0 Å². The number of carbonyl (C=O) groups is 2. The minimum Gasteiger partial charge on any atom is -0.356 e. The zero-order valence-corrected chi connectivity index (χ0v) is 13.6. The Labute approximate surface area is 139 Å². The molecule has 0 fully saturated rings. The zero-order valence-electron chi connectivity index (χ0n) is 12.8. The van der Waals surface area contributed by atoms with Gasteiger partial charge in [0.15, 0.2) is 0 Å². The average Bonchev–Trinajstić information content (AvgIpc) is 3.06. The lowest BCUT2D eigenvalue weighted by Crippen LogP contribution is -2.36. The number of urea groups is 1. The molecule has 1 aromatic carbocycles. The molecular weight excluding hydrogens is 310 g/mol. The molecule has 0 bridgehead atoms. The summed E-state index contributed by atoms with van der Waals surface area (Å²) in [7, 11) is 0. The molecule has 0 saturated carbocycles. The van der Waals surface area contributed by atoms with Crippen molar-refractivity contribution >= 4 is 23.3 Å². The lowest BCUT2D eigenvalue weighted by molar-refractivity contribution is -0.121. The van der Waals surface area contributed by atoms with Crippen LogP contribution in [0.2, 0.25) is 0 Å². The first-order valence-corrected chi connectivity index (χ1v) is 8.43. The van der Waals surface area contributed by atoms with Gasteiger partial charge in [-0.1, -0.05) is 36.4 Å². The topological polar surface area (TPSA) is 84.2 Å². The monoisotopic (exact) mass is 331 g/mol. The normalized spacial score (nSPS) is 11.7. The Morgan fingerprint density at radius 3 is 2.57 bits per heavy atom. The number of thiophene rings is 1. The molecule has 1 unspecified atom stereocenters. The summed E-state index contributed by atoms with van der Waals surface area (Å²) in [6, 6.07) is 12.9. The van der Waals surface area contributed by atoms with Gasteiger partial charge in [0, 0.05) is 11.4 Å². The van der Waals surface area contributed by atoms with Crippen LogP contribution in [0.4, 0.5) is 4.79 Å². The molecule has 122 valence electrons. The van der Waals surface area contributed by atoms with Gasteiger partial charge in [-0.25, -0.2) is 4.79 Å². The van der Waals surface area contributed by atoms with Crippen molar-refractivity contribution in [2.24, 2.45) is 5.73 Å². The van der Waals surface area contributed by atoms with Gasteiger partial charge in [-0.3, -0.25) is 4.79 Å². The van der Waals surface area contributed by atoms with E-state index in [1.165, 1.54) is 16.9 Å². The van der Waals surface area contributed by atoms with Crippen molar-refractivity contribution in [3.8, 4) is 0 Å². The highest BCUT2D eigenvalue weighted by atomic mass is 32.1. The number of carbonyl (C=O) groups excluding carboxylic acids is 2. The van der Waals surface area contributed by atoms with E-state index in [0.717, 1.165) is 17.7 Å². The second-order valence-corrected chi connectivity index (χ2v) is 6.20. The van der Waals surface area contributed by atoms with E-state index in [0.29, 0.717) is 6.54 Å². The number of primary amides is 1. The minimum absolute atomic E-state index is 0.0924. The molecule has 4 N–H and O–H groups in total. The molecule has 23 heavy (non-hydrogen) atoms. The van der Waals surface area contributed by atoms with Crippen LogP contribution < -0.4 is 16.4 Å². The fourth-order valence-electron chi connectivity index (χ4n) is 2.31. The highest BCUT2D eigenvalue weighted by molar-refractivity contribution is 7.10. The third-order valence-corrected chi connectivity index (χ3v) is 4.39. The molecule has 0 radical (unpaired) electrons. The summed E-state index contributed by atoms with van der Waals surface area (Å²) in [6.07, 6.45) is 1.99. The van der Waals surface area contributed by atoms with Crippen LogP contribution in [0.1, 0.15) is 29.3 Å². The van der Waals surface area contributed by atoms with Crippen LogP contribution in [0.3, 0.4) is 0 Å². The van der Waals surface area contributed by atoms with Crippen molar-refractivity contribution in [1.29, 1.82) is 0 Å². The molecule has 1 atom stereocenters. The molecule has 2 rings (SSSR count). The smallest absolute Gasteiger partial charge is 0.312 e. The fourth-order valence-corrected chi connectivity index (χ4v) is 3.08. The standard InChI is InChI=1S/C17H21N3O2S/c18-17(22)20-14(15-9-5-11-23-15)12-16(21)19-10-4-8-13-6-2-1-3-7-13/h1-3,5-7,9,11,14H,4,8,10,12H2,(H,19,21)(H3,18,20,22). The van der Waals surface area contributed by atoms with Gasteiger partial charge in [-0.05, 0) is 29.9 Å². The fraction of sp³-hybridized carbons (Fsp3) is 0.294. The first kappa shape index (κ1) is 17.0. The summed E-state index contributed by atoms with van der Waals surface area (Å²) in [6.45, 7) is 0.613. The van der Waals surface area contributed by atoms with Gasteiger partial charge in [0.05, 0.1) is 12.5 Å².